The van der Waals surface area contributed by atoms with E-state index in [0.717, 1.165) is 6.26 Å². The van der Waals surface area contributed by atoms with E-state index in [4.69, 9.17) is 4.74 Å². The molecule has 0 unspecified atom stereocenters. The summed E-state index contributed by atoms with van der Waals surface area (Å²) in [6.45, 7) is 2.20. The predicted molar refractivity (Wildman–Crippen MR) is 81.3 cm³/mol. The van der Waals surface area contributed by atoms with Gasteiger partial charge in [-0.3, -0.25) is 0 Å². The van der Waals surface area contributed by atoms with Crippen LogP contribution in [0.4, 0.5) is 5.69 Å². The summed E-state index contributed by atoms with van der Waals surface area (Å²) in [6, 6.07) is 3.23. The van der Waals surface area contributed by atoms with E-state index in [2.05, 4.69) is 0 Å². The maximum atomic E-state index is 12.2. The lowest BCUT2D eigenvalue weighted by Crippen LogP contribution is -2.21. The number of methoxy groups -OCH3 is 1. The molecule has 0 atom stereocenters. The van der Waals surface area contributed by atoms with Crippen LogP contribution >= 0.6 is 0 Å². The van der Waals surface area contributed by atoms with Gasteiger partial charge in [0.05, 0.1) is 23.3 Å². The Morgan fingerprint density at radius 1 is 1.29 bits per heavy atom. The Hall–Kier alpha value is -2.08. The molecule has 0 fully saturated rings. The number of nitrogens with zero attached hydrogens (tertiary/aromatic N) is 1. The molecule has 0 N–H and O–H groups in total. The molecule has 1 heterocycles. The molecule has 0 saturated carbocycles. The first-order valence-corrected chi connectivity index (χ1v) is 8.27. The molecule has 0 amide bonds. The number of hydrogen-bond donors (Lipinski definition) is 0. The summed E-state index contributed by atoms with van der Waals surface area (Å²) in [6.07, 6.45) is 8.60. The quantitative estimate of drug-likeness (QED) is 0.800. The third kappa shape index (κ3) is 3.00. The van der Waals surface area contributed by atoms with E-state index in [9.17, 15) is 13.2 Å². The molecule has 112 valence electrons. The topological polar surface area (TPSA) is 63.7 Å². The molecule has 0 radical (unpaired) electrons. The van der Waals surface area contributed by atoms with Gasteiger partial charge in [-0.2, -0.15) is 0 Å². The van der Waals surface area contributed by atoms with Gasteiger partial charge in [-0.05, 0) is 30.7 Å². The van der Waals surface area contributed by atoms with Crippen LogP contribution in [0.5, 0.6) is 0 Å². The van der Waals surface area contributed by atoms with E-state index in [0.29, 0.717) is 17.8 Å². The van der Waals surface area contributed by atoms with Crippen LogP contribution in [0.15, 0.2) is 41.5 Å². The molecule has 1 aromatic rings. The lowest BCUT2D eigenvalue weighted by atomic mass is 10.1. The minimum Gasteiger partial charge on any atom is -0.465 e. The van der Waals surface area contributed by atoms with Gasteiger partial charge < -0.3 is 9.64 Å². The Morgan fingerprint density at radius 3 is 2.52 bits per heavy atom. The molecular weight excluding hydrogens is 290 g/mol. The summed E-state index contributed by atoms with van der Waals surface area (Å²) in [5.41, 5.74) is 1.23. The summed E-state index contributed by atoms with van der Waals surface area (Å²) >= 11 is 0. The molecule has 1 aromatic carbocycles. The molecule has 6 heteroatoms. The molecule has 1 aliphatic heterocycles. The van der Waals surface area contributed by atoms with E-state index in [1.165, 1.54) is 7.11 Å². The largest absolute Gasteiger partial charge is 0.465 e. The average Bonchev–Trinajstić information content (AvgIpc) is 2.45. The van der Waals surface area contributed by atoms with E-state index in [-0.39, 0.29) is 10.5 Å². The van der Waals surface area contributed by atoms with Crippen molar-refractivity contribution >= 4 is 21.5 Å². The minimum absolute atomic E-state index is 0.158. The average molecular weight is 307 g/mol. The predicted octanol–water partition coefficient (Wildman–Crippen LogP) is 2.08. The molecular formula is C15H17NO4S. The van der Waals surface area contributed by atoms with Crippen molar-refractivity contribution in [2.75, 3.05) is 24.8 Å². The van der Waals surface area contributed by atoms with Gasteiger partial charge in [0.25, 0.3) is 0 Å². The number of allylic oxidation sites excluding steroid dienone is 2. The summed E-state index contributed by atoms with van der Waals surface area (Å²) in [4.78, 5) is 13.7. The number of hydrogen-bond acceptors (Lipinski definition) is 5. The van der Waals surface area contributed by atoms with Crippen molar-refractivity contribution in [3.63, 3.8) is 0 Å². The molecule has 0 bridgehead atoms. The van der Waals surface area contributed by atoms with Crippen LogP contribution in [-0.4, -0.2) is 34.3 Å². The van der Waals surface area contributed by atoms with E-state index < -0.39 is 15.8 Å². The lowest BCUT2D eigenvalue weighted by Gasteiger charge is -2.24. The fourth-order valence-corrected chi connectivity index (χ4v) is 3.58. The summed E-state index contributed by atoms with van der Waals surface area (Å²) in [7, 11) is -2.21. The van der Waals surface area contributed by atoms with Crippen molar-refractivity contribution in [1.29, 1.82) is 0 Å². The van der Waals surface area contributed by atoms with Crippen LogP contribution < -0.4 is 4.90 Å². The van der Waals surface area contributed by atoms with Gasteiger partial charge in [0.15, 0.2) is 9.84 Å². The van der Waals surface area contributed by atoms with Gasteiger partial charge in [0.1, 0.15) is 0 Å². The first kappa shape index (κ1) is 15.3. The number of rotatable bonds is 3. The monoisotopic (exact) mass is 307 g/mol. The second kappa shape index (κ2) is 5.73. The number of sulfone groups is 1. The molecule has 0 saturated heterocycles. The normalized spacial score (nSPS) is 14.3. The maximum Gasteiger partial charge on any atom is 0.338 e. The van der Waals surface area contributed by atoms with Crippen LogP contribution in [0.3, 0.4) is 0 Å². The molecule has 21 heavy (non-hydrogen) atoms. The van der Waals surface area contributed by atoms with Gasteiger partial charge in [-0.1, -0.05) is 12.2 Å². The zero-order valence-corrected chi connectivity index (χ0v) is 13.0. The van der Waals surface area contributed by atoms with E-state index in [1.54, 1.807) is 25.3 Å². The Labute approximate surface area is 124 Å². The Bertz CT molecular complexity index is 732. The third-order valence-electron chi connectivity index (χ3n) is 3.29. The van der Waals surface area contributed by atoms with Crippen LogP contribution in [0.1, 0.15) is 15.9 Å². The lowest BCUT2D eigenvalue weighted by molar-refractivity contribution is 0.0599. The van der Waals surface area contributed by atoms with E-state index in [1.807, 2.05) is 23.1 Å². The second-order valence-electron chi connectivity index (χ2n) is 4.77. The fourth-order valence-electron chi connectivity index (χ4n) is 2.35. The highest BCUT2D eigenvalue weighted by Crippen LogP contribution is 2.32. The first-order valence-electron chi connectivity index (χ1n) is 6.38. The molecule has 0 spiro atoms. The highest BCUT2D eigenvalue weighted by atomic mass is 32.2. The summed E-state index contributed by atoms with van der Waals surface area (Å²) in [5, 5.41) is 0. The van der Waals surface area contributed by atoms with Crippen LogP contribution in [0.2, 0.25) is 0 Å². The molecule has 0 aliphatic carbocycles. The zero-order valence-electron chi connectivity index (χ0n) is 12.2. The molecule has 2 rings (SSSR count). The SMILES string of the molecule is COC(=O)c1ccc(N2C=CC=CC2)c(S(C)(=O)=O)c1C. The summed E-state index contributed by atoms with van der Waals surface area (Å²) in [5.74, 6) is -0.543. The Morgan fingerprint density at radius 2 is 2.00 bits per heavy atom. The van der Waals surface area contributed by atoms with Gasteiger partial charge in [-0.15, -0.1) is 0 Å². The Kier molecular flexibility index (Phi) is 4.18. The number of anilines is 1. The molecule has 5 nitrogen and oxygen atoms in total. The van der Waals surface area contributed by atoms with E-state index >= 15 is 0 Å². The highest BCUT2D eigenvalue weighted by Gasteiger charge is 2.24. The zero-order chi connectivity index (χ0) is 15.6. The molecule has 0 aromatic heterocycles. The first-order chi connectivity index (χ1) is 9.86. The fraction of sp³-hybridized carbons (Fsp3) is 0.267. The van der Waals surface area contributed by atoms with Crippen molar-refractivity contribution in [3.8, 4) is 0 Å². The summed E-state index contributed by atoms with van der Waals surface area (Å²) < 4.78 is 29.0. The van der Waals surface area contributed by atoms with Gasteiger partial charge in [0.2, 0.25) is 0 Å². The van der Waals surface area contributed by atoms with Crippen molar-refractivity contribution < 1.29 is 17.9 Å². The van der Waals surface area contributed by atoms with Crippen molar-refractivity contribution in [2.45, 2.75) is 11.8 Å². The Balaban J connectivity index is 2.67. The van der Waals surface area contributed by atoms with Gasteiger partial charge in [-0.25, -0.2) is 13.2 Å². The van der Waals surface area contributed by atoms with Crippen LogP contribution in [0, 0.1) is 6.92 Å². The van der Waals surface area contributed by atoms with Crippen molar-refractivity contribution in [2.24, 2.45) is 0 Å². The third-order valence-corrected chi connectivity index (χ3v) is 4.54. The number of benzene rings is 1. The number of carbonyl (C=O) groups is 1. The molecule has 1 aliphatic rings. The van der Waals surface area contributed by atoms with Gasteiger partial charge >= 0.3 is 5.97 Å². The van der Waals surface area contributed by atoms with Crippen molar-refractivity contribution in [3.05, 3.63) is 47.7 Å². The standard InChI is InChI=1S/C15H17NO4S/c1-11-12(15(17)20-2)7-8-13(14(11)21(3,18)19)16-9-5-4-6-10-16/h4-9H,10H2,1-3H3. The van der Waals surface area contributed by atoms with Crippen LogP contribution in [0.25, 0.3) is 0 Å². The number of carbonyl (C=O) groups excluding carboxylic acids is 1. The number of ether oxygens (including phenoxy) is 1. The number of esters is 1. The second-order valence-corrected chi connectivity index (χ2v) is 6.72. The van der Waals surface area contributed by atoms with Crippen molar-refractivity contribution in [1.82, 2.24) is 0 Å². The van der Waals surface area contributed by atoms with Crippen LogP contribution in [-0.2, 0) is 14.6 Å². The smallest absolute Gasteiger partial charge is 0.338 e. The highest BCUT2D eigenvalue weighted by molar-refractivity contribution is 7.91. The maximum absolute atomic E-state index is 12.2. The minimum atomic E-state index is -3.49. The van der Waals surface area contributed by atoms with Gasteiger partial charge in [0, 0.05) is 19.0 Å².